The molecule has 0 amide bonds. The summed E-state index contributed by atoms with van der Waals surface area (Å²) in [6.07, 6.45) is 1.03. The monoisotopic (exact) mass is 134 g/mol. The average molecular weight is 134 g/mol. The summed E-state index contributed by atoms with van der Waals surface area (Å²) in [5.41, 5.74) is 0. The van der Waals surface area contributed by atoms with Crippen LogP contribution in [0.2, 0.25) is 0 Å². The van der Waals surface area contributed by atoms with Crippen LogP contribution in [0.25, 0.3) is 0 Å². The Hall–Kier alpha value is 0.310. The van der Waals surface area contributed by atoms with Crippen molar-refractivity contribution in [2.24, 2.45) is 5.92 Å². The third-order valence-electron chi connectivity index (χ3n) is 1.36. The minimum atomic E-state index is 0.252. The maximum Gasteiger partial charge on any atom is 0.0467 e. The smallest absolute Gasteiger partial charge is 0.0467 e. The van der Waals surface area contributed by atoms with Gasteiger partial charge in [0.2, 0.25) is 0 Å². The number of hydrogen-bond donors (Lipinski definition) is 2. The summed E-state index contributed by atoms with van der Waals surface area (Å²) in [7, 11) is 0. The molecule has 1 N–H and O–H groups in total. The van der Waals surface area contributed by atoms with Gasteiger partial charge < -0.3 is 5.11 Å². The normalized spacial score (nSPS) is 18.0. The first-order valence-corrected chi connectivity index (χ1v) is 3.53. The van der Waals surface area contributed by atoms with Crippen molar-refractivity contribution in [2.75, 3.05) is 6.61 Å². The van der Waals surface area contributed by atoms with E-state index in [1.807, 2.05) is 6.92 Å². The molecule has 50 valence electrons. The molecule has 0 aliphatic carbocycles. The van der Waals surface area contributed by atoms with Crippen LogP contribution >= 0.6 is 12.6 Å². The first-order valence-electron chi connectivity index (χ1n) is 3.01. The quantitative estimate of drug-likeness (QED) is 0.558. The van der Waals surface area contributed by atoms with E-state index in [1.165, 1.54) is 0 Å². The van der Waals surface area contributed by atoms with E-state index in [9.17, 15) is 0 Å². The van der Waals surface area contributed by atoms with Crippen LogP contribution in [0.5, 0.6) is 0 Å². The second-order valence-electron chi connectivity index (χ2n) is 2.14. The predicted molar refractivity (Wildman–Crippen MR) is 39.3 cm³/mol. The highest BCUT2D eigenvalue weighted by Crippen LogP contribution is 2.11. The summed E-state index contributed by atoms with van der Waals surface area (Å²) < 4.78 is 0. The summed E-state index contributed by atoms with van der Waals surface area (Å²) in [6, 6.07) is 0. The highest BCUT2D eigenvalue weighted by atomic mass is 32.1. The summed E-state index contributed by atoms with van der Waals surface area (Å²) in [5.74, 6) is 0.336. The fraction of sp³-hybridized carbons (Fsp3) is 1.00. The lowest BCUT2D eigenvalue weighted by molar-refractivity contribution is 0.234. The lowest BCUT2D eigenvalue weighted by Crippen LogP contribution is -2.13. The second kappa shape index (κ2) is 4.21. The fourth-order valence-corrected chi connectivity index (χ4v) is 0.618. The number of hydrogen-bond acceptors (Lipinski definition) is 2. The molecule has 0 saturated carbocycles. The minimum Gasteiger partial charge on any atom is -0.396 e. The van der Waals surface area contributed by atoms with Crippen molar-refractivity contribution in [1.82, 2.24) is 0 Å². The molecule has 2 atom stereocenters. The third-order valence-corrected chi connectivity index (χ3v) is 2.24. The van der Waals surface area contributed by atoms with Crippen LogP contribution in [0, 0.1) is 5.92 Å². The van der Waals surface area contributed by atoms with Crippen molar-refractivity contribution in [3.05, 3.63) is 0 Å². The summed E-state index contributed by atoms with van der Waals surface area (Å²) in [6.45, 7) is 4.33. The molecule has 0 aliphatic rings. The molecule has 0 aromatic rings. The van der Waals surface area contributed by atoms with Crippen molar-refractivity contribution in [2.45, 2.75) is 25.5 Å². The van der Waals surface area contributed by atoms with Crippen LogP contribution in [0.4, 0.5) is 0 Å². The zero-order chi connectivity index (χ0) is 6.57. The molecule has 0 heterocycles. The van der Waals surface area contributed by atoms with E-state index < -0.39 is 0 Å². The van der Waals surface area contributed by atoms with E-state index in [4.69, 9.17) is 5.11 Å². The maximum absolute atomic E-state index is 8.59. The van der Waals surface area contributed by atoms with Crippen molar-refractivity contribution in [3.8, 4) is 0 Å². The fourth-order valence-electron chi connectivity index (χ4n) is 0.524. The van der Waals surface area contributed by atoms with Gasteiger partial charge in [0.15, 0.2) is 0 Å². The lowest BCUT2D eigenvalue weighted by atomic mass is 10.1. The Morgan fingerprint density at radius 1 is 1.62 bits per heavy atom. The van der Waals surface area contributed by atoms with Crippen LogP contribution in [0.3, 0.4) is 0 Å². The molecule has 0 bridgehead atoms. The van der Waals surface area contributed by atoms with Gasteiger partial charge >= 0.3 is 0 Å². The second-order valence-corrected chi connectivity index (χ2v) is 2.80. The van der Waals surface area contributed by atoms with Gasteiger partial charge in [-0.3, -0.25) is 0 Å². The average Bonchev–Trinajstić information content (AvgIpc) is 1.84. The van der Waals surface area contributed by atoms with E-state index in [0.29, 0.717) is 11.2 Å². The minimum absolute atomic E-state index is 0.252. The van der Waals surface area contributed by atoms with E-state index in [1.54, 1.807) is 0 Å². The third kappa shape index (κ3) is 2.58. The molecule has 0 aromatic carbocycles. The van der Waals surface area contributed by atoms with Gasteiger partial charge in [-0.15, -0.1) is 0 Å². The van der Waals surface area contributed by atoms with E-state index in [2.05, 4.69) is 19.6 Å². The SMILES string of the molecule is CC[C@@H](S)[C@@H](C)CO. The van der Waals surface area contributed by atoms with Crippen LogP contribution < -0.4 is 0 Å². The highest BCUT2D eigenvalue weighted by molar-refractivity contribution is 7.81. The zero-order valence-corrected chi connectivity index (χ0v) is 6.36. The molecule has 0 unspecified atom stereocenters. The molecule has 2 heteroatoms. The molecular formula is C6H14OS. The summed E-state index contributed by atoms with van der Waals surface area (Å²) in [4.78, 5) is 0. The van der Waals surface area contributed by atoms with Gasteiger partial charge in [0.1, 0.15) is 0 Å². The van der Waals surface area contributed by atoms with E-state index >= 15 is 0 Å². The lowest BCUT2D eigenvalue weighted by Gasteiger charge is -2.13. The Morgan fingerprint density at radius 3 is 2.25 bits per heavy atom. The summed E-state index contributed by atoms with van der Waals surface area (Å²) >= 11 is 4.24. The molecule has 0 aliphatic heterocycles. The Morgan fingerprint density at radius 2 is 2.12 bits per heavy atom. The van der Waals surface area contributed by atoms with Gasteiger partial charge in [0.25, 0.3) is 0 Å². The standard InChI is InChI=1S/C6H14OS/c1-3-6(8)5(2)4-7/h5-8H,3-4H2,1-2H3/t5-,6+/m0/s1. The van der Waals surface area contributed by atoms with Crippen molar-refractivity contribution >= 4 is 12.6 Å². The van der Waals surface area contributed by atoms with Gasteiger partial charge in [0.05, 0.1) is 0 Å². The number of aliphatic hydroxyl groups is 1. The molecule has 1 nitrogen and oxygen atoms in total. The Bertz CT molecular complexity index is 48.5. The van der Waals surface area contributed by atoms with Crippen LogP contribution in [-0.2, 0) is 0 Å². The van der Waals surface area contributed by atoms with Crippen LogP contribution in [-0.4, -0.2) is 17.0 Å². The molecule has 0 radical (unpaired) electrons. The topological polar surface area (TPSA) is 20.2 Å². The number of rotatable bonds is 3. The molecule has 0 fully saturated rings. The van der Waals surface area contributed by atoms with Crippen LogP contribution in [0.15, 0.2) is 0 Å². The van der Waals surface area contributed by atoms with Crippen molar-refractivity contribution in [3.63, 3.8) is 0 Å². The molecule has 0 spiro atoms. The van der Waals surface area contributed by atoms with Gasteiger partial charge in [-0.2, -0.15) is 12.6 Å². The van der Waals surface area contributed by atoms with E-state index in [-0.39, 0.29) is 6.61 Å². The van der Waals surface area contributed by atoms with Crippen molar-refractivity contribution < 1.29 is 5.11 Å². The van der Waals surface area contributed by atoms with Crippen LogP contribution in [0.1, 0.15) is 20.3 Å². The molecule has 0 aromatic heterocycles. The largest absolute Gasteiger partial charge is 0.396 e. The number of thiol groups is 1. The molecule has 0 saturated heterocycles. The Labute approximate surface area is 56.5 Å². The van der Waals surface area contributed by atoms with Gasteiger partial charge in [-0.1, -0.05) is 13.8 Å². The Balaban J connectivity index is 3.29. The first-order chi connectivity index (χ1) is 3.72. The highest BCUT2D eigenvalue weighted by Gasteiger charge is 2.07. The summed E-state index contributed by atoms with van der Waals surface area (Å²) in [5, 5.41) is 8.95. The molecule has 8 heavy (non-hydrogen) atoms. The van der Waals surface area contributed by atoms with Gasteiger partial charge in [-0.25, -0.2) is 0 Å². The van der Waals surface area contributed by atoms with E-state index in [0.717, 1.165) is 6.42 Å². The Kier molecular flexibility index (Phi) is 4.38. The first kappa shape index (κ1) is 8.31. The maximum atomic E-state index is 8.59. The zero-order valence-electron chi connectivity index (χ0n) is 5.46. The number of aliphatic hydroxyl groups excluding tert-OH is 1. The predicted octanol–water partition coefficient (Wildman–Crippen LogP) is 1.32. The molecule has 0 rings (SSSR count). The molecular weight excluding hydrogens is 120 g/mol. The van der Waals surface area contributed by atoms with Crippen molar-refractivity contribution in [1.29, 1.82) is 0 Å². The van der Waals surface area contributed by atoms with Gasteiger partial charge in [-0.05, 0) is 12.3 Å². The van der Waals surface area contributed by atoms with Gasteiger partial charge in [0, 0.05) is 11.9 Å².